The molecule has 0 aliphatic rings. The van der Waals surface area contributed by atoms with Crippen LogP contribution in [0.3, 0.4) is 0 Å². The van der Waals surface area contributed by atoms with E-state index >= 15 is 0 Å². The van der Waals surface area contributed by atoms with Gasteiger partial charge in [-0.25, -0.2) is 4.98 Å². The van der Waals surface area contributed by atoms with Gasteiger partial charge >= 0.3 is 0 Å². The average Bonchev–Trinajstić information content (AvgIpc) is 3.08. The molecular weight excluding hydrogens is 388 g/mol. The molecule has 0 aliphatic heterocycles. The summed E-state index contributed by atoms with van der Waals surface area (Å²) in [6, 6.07) is 5.99. The Balaban J connectivity index is 1.78. The van der Waals surface area contributed by atoms with E-state index in [0.29, 0.717) is 26.2 Å². The second-order valence-electron chi connectivity index (χ2n) is 7.14. The van der Waals surface area contributed by atoms with Gasteiger partial charge in [0.25, 0.3) is 0 Å². The number of nitrogens with zero attached hydrogens (tertiary/aromatic N) is 2. The lowest BCUT2D eigenvalue weighted by Crippen LogP contribution is -2.35. The normalized spacial score (nSPS) is 10.9. The van der Waals surface area contributed by atoms with Crippen LogP contribution in [0, 0.1) is 13.8 Å². The Morgan fingerprint density at radius 2 is 2.03 bits per heavy atom. The number of carbonyl (C=O) groups is 2. The van der Waals surface area contributed by atoms with Gasteiger partial charge in [0, 0.05) is 37.9 Å². The number of aryl methyl sites for hydroxylation is 2. The second kappa shape index (κ2) is 11.6. The Morgan fingerprint density at radius 3 is 2.79 bits per heavy atom. The number of likely N-dealkylation sites (N-methyl/N-ethyl adjacent to an activating group) is 1. The molecule has 1 heterocycles. The van der Waals surface area contributed by atoms with Crippen LogP contribution in [0.15, 0.2) is 23.6 Å². The molecule has 0 atom stereocenters. The summed E-state index contributed by atoms with van der Waals surface area (Å²) in [5.74, 6) is -0.102. The third-order valence-electron chi connectivity index (χ3n) is 4.27. The molecular formula is C21H30N4O3S. The molecule has 0 bridgehead atoms. The number of hydrogen-bond donors (Lipinski definition) is 2. The zero-order valence-corrected chi connectivity index (χ0v) is 18.4. The molecule has 0 aliphatic carbocycles. The summed E-state index contributed by atoms with van der Waals surface area (Å²) in [6.07, 6.45) is 1.04. The van der Waals surface area contributed by atoms with Crippen LogP contribution >= 0.6 is 11.3 Å². The van der Waals surface area contributed by atoms with Gasteiger partial charge in [-0.1, -0.05) is 12.1 Å². The minimum Gasteiger partial charge on any atom is -0.385 e. The van der Waals surface area contributed by atoms with Crippen molar-refractivity contribution in [2.45, 2.75) is 33.2 Å². The maximum atomic E-state index is 12.4. The van der Waals surface area contributed by atoms with Gasteiger partial charge in [0.2, 0.25) is 11.8 Å². The monoisotopic (exact) mass is 418 g/mol. The lowest BCUT2D eigenvalue weighted by atomic mass is 10.1. The van der Waals surface area contributed by atoms with Crippen molar-refractivity contribution in [1.29, 1.82) is 0 Å². The predicted molar refractivity (Wildman–Crippen MR) is 116 cm³/mol. The highest BCUT2D eigenvalue weighted by Crippen LogP contribution is 2.18. The Hall–Kier alpha value is -2.29. The zero-order chi connectivity index (χ0) is 21.2. The van der Waals surface area contributed by atoms with E-state index in [1.165, 1.54) is 11.3 Å². The van der Waals surface area contributed by atoms with Gasteiger partial charge in [-0.15, -0.1) is 11.3 Å². The highest BCUT2D eigenvalue weighted by atomic mass is 32.1. The highest BCUT2D eigenvalue weighted by Gasteiger charge is 2.12. The fraction of sp³-hybridized carbons (Fsp3) is 0.476. The Labute approximate surface area is 176 Å². The zero-order valence-electron chi connectivity index (χ0n) is 17.6. The van der Waals surface area contributed by atoms with Crippen LogP contribution in [0.4, 0.5) is 5.69 Å². The Bertz CT molecular complexity index is 822. The van der Waals surface area contributed by atoms with Crippen molar-refractivity contribution in [3.63, 3.8) is 0 Å². The first-order valence-electron chi connectivity index (χ1n) is 9.62. The number of benzene rings is 1. The van der Waals surface area contributed by atoms with E-state index in [-0.39, 0.29) is 18.2 Å². The van der Waals surface area contributed by atoms with E-state index in [0.717, 1.165) is 33.9 Å². The van der Waals surface area contributed by atoms with Gasteiger partial charge in [0.15, 0.2) is 0 Å². The van der Waals surface area contributed by atoms with Crippen molar-refractivity contribution >= 4 is 28.8 Å². The second-order valence-corrected chi connectivity index (χ2v) is 8.09. The van der Waals surface area contributed by atoms with Crippen LogP contribution < -0.4 is 10.6 Å². The number of rotatable bonds is 11. The number of hydrogen-bond acceptors (Lipinski definition) is 6. The van der Waals surface area contributed by atoms with E-state index in [4.69, 9.17) is 4.74 Å². The molecule has 2 N–H and O–H groups in total. The van der Waals surface area contributed by atoms with Crippen molar-refractivity contribution in [3.05, 3.63) is 45.4 Å². The lowest BCUT2D eigenvalue weighted by Gasteiger charge is -2.14. The minimum absolute atomic E-state index is 0.0213. The minimum atomic E-state index is -0.0802. The Morgan fingerprint density at radius 1 is 1.24 bits per heavy atom. The van der Waals surface area contributed by atoms with E-state index in [9.17, 15) is 9.59 Å². The molecule has 2 amide bonds. The number of ether oxygens (including phenoxy) is 1. The number of thiazole rings is 1. The van der Waals surface area contributed by atoms with Gasteiger partial charge in [0.05, 0.1) is 18.7 Å². The summed E-state index contributed by atoms with van der Waals surface area (Å²) < 4.78 is 4.96. The molecule has 0 unspecified atom stereocenters. The predicted octanol–water partition coefficient (Wildman–Crippen LogP) is 2.53. The maximum absolute atomic E-state index is 12.4. The summed E-state index contributed by atoms with van der Waals surface area (Å²) in [5, 5.41) is 8.53. The van der Waals surface area contributed by atoms with E-state index in [1.807, 2.05) is 49.4 Å². The summed E-state index contributed by atoms with van der Waals surface area (Å²) in [6.45, 7) is 6.07. The molecule has 0 fully saturated rings. The van der Waals surface area contributed by atoms with Gasteiger partial charge < -0.3 is 15.4 Å². The number of anilines is 1. The van der Waals surface area contributed by atoms with E-state index in [1.54, 1.807) is 7.11 Å². The Kier molecular flexibility index (Phi) is 9.24. The number of nitrogens with one attached hydrogen (secondary N) is 2. The molecule has 0 saturated carbocycles. The van der Waals surface area contributed by atoms with Gasteiger partial charge in [-0.3, -0.25) is 14.5 Å². The molecule has 0 radical (unpaired) electrons. The smallest absolute Gasteiger partial charge is 0.234 e. The molecule has 2 aromatic rings. The van der Waals surface area contributed by atoms with Crippen LogP contribution in [-0.2, 0) is 27.3 Å². The van der Waals surface area contributed by atoms with Gasteiger partial charge in [-0.05, 0) is 44.5 Å². The number of aromatic nitrogens is 1. The summed E-state index contributed by atoms with van der Waals surface area (Å²) in [5.41, 5.74) is 3.83. The third kappa shape index (κ3) is 8.31. The molecule has 0 saturated heterocycles. The quantitative estimate of drug-likeness (QED) is 0.548. The molecule has 0 spiro atoms. The molecule has 1 aromatic heterocycles. The van der Waals surface area contributed by atoms with Crippen molar-refractivity contribution < 1.29 is 14.3 Å². The van der Waals surface area contributed by atoms with Crippen LogP contribution in [0.25, 0.3) is 0 Å². The first kappa shape index (κ1) is 23.0. The van der Waals surface area contributed by atoms with Crippen molar-refractivity contribution in [2.24, 2.45) is 0 Å². The molecule has 7 nitrogen and oxygen atoms in total. The highest BCUT2D eigenvalue weighted by molar-refractivity contribution is 7.09. The van der Waals surface area contributed by atoms with E-state index in [2.05, 4.69) is 15.6 Å². The van der Waals surface area contributed by atoms with Crippen LogP contribution in [0.1, 0.15) is 28.2 Å². The summed E-state index contributed by atoms with van der Waals surface area (Å²) >= 11 is 1.46. The summed E-state index contributed by atoms with van der Waals surface area (Å²) in [7, 11) is 3.52. The maximum Gasteiger partial charge on any atom is 0.234 e. The fourth-order valence-electron chi connectivity index (χ4n) is 2.78. The molecule has 29 heavy (non-hydrogen) atoms. The molecule has 158 valence electrons. The lowest BCUT2D eigenvalue weighted by molar-refractivity contribution is -0.122. The average molecular weight is 419 g/mol. The number of amides is 2. The molecule has 2 rings (SSSR count). The van der Waals surface area contributed by atoms with E-state index < -0.39 is 0 Å². The number of methoxy groups -OCH3 is 1. The van der Waals surface area contributed by atoms with Crippen LogP contribution in [0.2, 0.25) is 0 Å². The standard InChI is InChI=1S/C21H30N4O3S/c1-15-6-7-16(2)18(10-15)24-19(26)11-21-23-17(14-29-21)12-25(3)13-20(27)22-8-5-9-28-4/h6-7,10,14H,5,8-9,11-13H2,1-4H3,(H,22,27)(H,24,26). The molecule has 1 aromatic carbocycles. The van der Waals surface area contributed by atoms with Crippen LogP contribution in [0.5, 0.6) is 0 Å². The topological polar surface area (TPSA) is 83.6 Å². The number of carbonyl (C=O) groups excluding carboxylic acids is 2. The van der Waals surface area contributed by atoms with Crippen LogP contribution in [-0.4, -0.2) is 55.6 Å². The van der Waals surface area contributed by atoms with Crippen molar-refractivity contribution in [2.75, 3.05) is 39.2 Å². The van der Waals surface area contributed by atoms with Crippen molar-refractivity contribution in [1.82, 2.24) is 15.2 Å². The molecule has 8 heteroatoms. The first-order valence-corrected chi connectivity index (χ1v) is 10.5. The first-order chi connectivity index (χ1) is 13.9. The van der Waals surface area contributed by atoms with Gasteiger partial charge in [-0.2, -0.15) is 0 Å². The third-order valence-corrected chi connectivity index (χ3v) is 5.17. The van der Waals surface area contributed by atoms with Gasteiger partial charge in [0.1, 0.15) is 5.01 Å². The fourth-order valence-corrected chi connectivity index (χ4v) is 3.57. The largest absolute Gasteiger partial charge is 0.385 e. The summed E-state index contributed by atoms with van der Waals surface area (Å²) in [4.78, 5) is 30.7. The SMILES string of the molecule is COCCCNC(=O)CN(C)Cc1csc(CC(=O)Nc2cc(C)ccc2C)n1. The van der Waals surface area contributed by atoms with Crippen molar-refractivity contribution in [3.8, 4) is 0 Å².